The predicted octanol–water partition coefficient (Wildman–Crippen LogP) is 4.65. The van der Waals surface area contributed by atoms with Crippen molar-refractivity contribution in [2.24, 2.45) is 0 Å². The normalized spacial score (nSPS) is 11.5. The first-order valence-corrected chi connectivity index (χ1v) is 9.60. The van der Waals surface area contributed by atoms with E-state index in [2.05, 4.69) is 42.5 Å². The van der Waals surface area contributed by atoms with Gasteiger partial charge in [-0.25, -0.2) is 0 Å². The summed E-state index contributed by atoms with van der Waals surface area (Å²) >= 11 is 12.0. The number of benzene rings is 2. The van der Waals surface area contributed by atoms with Crippen molar-refractivity contribution in [3.05, 3.63) is 62.5 Å². The highest BCUT2D eigenvalue weighted by Gasteiger charge is 2.12. The fourth-order valence-electron chi connectivity index (χ4n) is 2.23. The van der Waals surface area contributed by atoms with Crippen molar-refractivity contribution in [1.29, 1.82) is 0 Å². The molecule has 0 aliphatic heterocycles. The average Bonchev–Trinajstić information content (AvgIpc) is 2.54. The Morgan fingerprint density at radius 3 is 2.56 bits per heavy atom. The summed E-state index contributed by atoms with van der Waals surface area (Å²) in [7, 11) is 0. The van der Waals surface area contributed by atoms with Crippen LogP contribution in [0.1, 0.15) is 24.1 Å². The molecule has 2 aromatic rings. The number of carbonyl (C=O) groups excluding carboxylic acids is 1. The van der Waals surface area contributed by atoms with Gasteiger partial charge in [-0.3, -0.25) is 4.79 Å². The molecule has 0 fully saturated rings. The molecule has 2 N–H and O–H groups in total. The van der Waals surface area contributed by atoms with Crippen molar-refractivity contribution >= 4 is 55.1 Å². The van der Waals surface area contributed by atoms with E-state index in [1.165, 1.54) is 0 Å². The van der Waals surface area contributed by atoms with E-state index in [9.17, 15) is 4.79 Å². The summed E-state index contributed by atoms with van der Waals surface area (Å²) in [5.41, 5.74) is 2.01. The highest BCUT2D eigenvalue weighted by atomic mass is 79.9. The van der Waals surface area contributed by atoms with Crippen LogP contribution in [0.4, 0.5) is 0 Å². The number of carbonyl (C=O) groups is 1. The maximum atomic E-state index is 12.0. The lowest BCUT2D eigenvalue weighted by atomic mass is 10.1. The molecule has 0 aliphatic rings. The van der Waals surface area contributed by atoms with Crippen LogP contribution >= 0.6 is 44.1 Å². The van der Waals surface area contributed by atoms with Crippen molar-refractivity contribution in [2.45, 2.75) is 19.9 Å². The first-order valence-electron chi connectivity index (χ1n) is 7.60. The molecule has 0 saturated carbocycles. The zero-order chi connectivity index (χ0) is 18.4. The van der Waals surface area contributed by atoms with Gasteiger partial charge in [0.05, 0.1) is 10.5 Å². The van der Waals surface area contributed by atoms with Crippen molar-refractivity contribution < 1.29 is 9.53 Å². The molecule has 2 aromatic carbocycles. The molecule has 1 atom stereocenters. The largest absolute Gasteiger partial charge is 0.482 e. The standard InChI is InChI=1S/C18H18Br2N2O2S/c1-11-8-14(19)9-15(20)17(11)24-10-16(23)22-18(25)21-12(2)13-6-4-3-5-7-13/h3-9,12H,10H2,1-2H3,(H2,21,22,23,25). The van der Waals surface area contributed by atoms with Crippen LogP contribution in [-0.2, 0) is 4.79 Å². The van der Waals surface area contributed by atoms with Crippen LogP contribution in [-0.4, -0.2) is 17.6 Å². The van der Waals surface area contributed by atoms with Crippen molar-refractivity contribution in [1.82, 2.24) is 10.6 Å². The van der Waals surface area contributed by atoms with Crippen molar-refractivity contribution in [3.63, 3.8) is 0 Å². The Labute approximate surface area is 169 Å². The second kappa shape index (κ2) is 9.31. The molecule has 132 valence electrons. The summed E-state index contributed by atoms with van der Waals surface area (Å²) in [4.78, 5) is 12.0. The lowest BCUT2D eigenvalue weighted by Gasteiger charge is -2.17. The van der Waals surface area contributed by atoms with Crippen LogP contribution in [0.2, 0.25) is 0 Å². The highest BCUT2D eigenvalue weighted by Crippen LogP contribution is 2.32. The number of hydrogen-bond donors (Lipinski definition) is 2. The monoisotopic (exact) mass is 484 g/mol. The van der Waals surface area contributed by atoms with Crippen LogP contribution in [0.5, 0.6) is 5.75 Å². The van der Waals surface area contributed by atoms with Crippen molar-refractivity contribution in [2.75, 3.05) is 6.61 Å². The van der Waals surface area contributed by atoms with Gasteiger partial charge in [0, 0.05) is 4.47 Å². The summed E-state index contributed by atoms with van der Waals surface area (Å²) in [5, 5.41) is 5.99. The van der Waals surface area contributed by atoms with Gasteiger partial charge in [0.2, 0.25) is 0 Å². The lowest BCUT2D eigenvalue weighted by Crippen LogP contribution is -2.42. The molecular weight excluding hydrogens is 468 g/mol. The van der Waals surface area contributed by atoms with Gasteiger partial charge in [-0.05, 0) is 65.3 Å². The number of nitrogens with one attached hydrogen (secondary N) is 2. The molecule has 0 aromatic heterocycles. The molecule has 25 heavy (non-hydrogen) atoms. The first kappa shape index (κ1) is 19.9. The molecule has 0 aliphatic carbocycles. The lowest BCUT2D eigenvalue weighted by molar-refractivity contribution is -0.121. The predicted molar refractivity (Wildman–Crippen MR) is 111 cm³/mol. The smallest absolute Gasteiger partial charge is 0.264 e. The minimum Gasteiger partial charge on any atom is -0.482 e. The minimum atomic E-state index is -0.313. The second-order valence-electron chi connectivity index (χ2n) is 5.48. The minimum absolute atomic E-state index is 0.00205. The van der Waals surface area contributed by atoms with Gasteiger partial charge in [-0.15, -0.1) is 0 Å². The number of amides is 1. The van der Waals surface area contributed by atoms with Crippen LogP contribution in [0.15, 0.2) is 51.4 Å². The van der Waals surface area contributed by atoms with E-state index < -0.39 is 0 Å². The van der Waals surface area contributed by atoms with E-state index in [1.807, 2.05) is 56.3 Å². The van der Waals surface area contributed by atoms with Crippen molar-refractivity contribution in [3.8, 4) is 5.75 Å². The van der Waals surface area contributed by atoms with E-state index in [0.29, 0.717) is 5.75 Å². The number of thiocarbonyl (C=S) groups is 1. The molecule has 1 unspecified atom stereocenters. The van der Waals surface area contributed by atoms with Gasteiger partial charge in [0.1, 0.15) is 5.75 Å². The van der Waals surface area contributed by atoms with E-state index in [4.69, 9.17) is 17.0 Å². The Hall–Kier alpha value is -1.44. The molecule has 0 heterocycles. The number of aryl methyl sites for hydroxylation is 1. The summed E-state index contributed by atoms with van der Waals surface area (Å²) in [6.07, 6.45) is 0. The fourth-order valence-corrected chi connectivity index (χ4v) is 4.07. The van der Waals surface area contributed by atoms with Crippen LogP contribution in [0.25, 0.3) is 0 Å². The maximum Gasteiger partial charge on any atom is 0.264 e. The molecular formula is C18H18Br2N2O2S. The number of halogens is 2. The second-order valence-corrected chi connectivity index (χ2v) is 7.65. The molecule has 7 heteroatoms. The molecule has 4 nitrogen and oxygen atoms in total. The van der Waals surface area contributed by atoms with E-state index in [1.54, 1.807) is 0 Å². The average molecular weight is 486 g/mol. The molecule has 0 saturated heterocycles. The van der Waals surface area contributed by atoms with Gasteiger partial charge >= 0.3 is 0 Å². The number of ether oxygens (including phenoxy) is 1. The third kappa shape index (κ3) is 6.09. The summed E-state index contributed by atoms with van der Waals surface area (Å²) in [6.45, 7) is 3.77. The zero-order valence-electron chi connectivity index (χ0n) is 13.8. The molecule has 0 radical (unpaired) electrons. The van der Waals surface area contributed by atoms with Crippen LogP contribution in [0, 0.1) is 6.92 Å². The van der Waals surface area contributed by atoms with E-state index >= 15 is 0 Å². The quantitative estimate of drug-likeness (QED) is 0.605. The van der Waals surface area contributed by atoms with Crippen LogP contribution in [0.3, 0.4) is 0 Å². The molecule has 0 spiro atoms. The number of rotatable bonds is 5. The Morgan fingerprint density at radius 1 is 1.24 bits per heavy atom. The Morgan fingerprint density at radius 2 is 1.92 bits per heavy atom. The van der Waals surface area contributed by atoms with Gasteiger partial charge in [0.15, 0.2) is 11.7 Å². The van der Waals surface area contributed by atoms with Gasteiger partial charge in [0.25, 0.3) is 5.91 Å². The Bertz CT molecular complexity index is 746. The first-order chi connectivity index (χ1) is 11.9. The van der Waals surface area contributed by atoms with Crippen LogP contribution < -0.4 is 15.4 Å². The molecule has 0 bridgehead atoms. The third-order valence-corrected chi connectivity index (χ3v) is 4.71. The molecule has 2 rings (SSSR count). The zero-order valence-corrected chi connectivity index (χ0v) is 17.8. The Balaban J connectivity index is 1.85. The van der Waals surface area contributed by atoms with E-state index in [0.717, 1.165) is 20.1 Å². The molecule has 1 amide bonds. The topological polar surface area (TPSA) is 50.4 Å². The van der Waals surface area contributed by atoms with Gasteiger partial charge in [-0.2, -0.15) is 0 Å². The third-order valence-electron chi connectivity index (χ3n) is 3.44. The SMILES string of the molecule is Cc1cc(Br)cc(Br)c1OCC(=O)NC(=S)NC(C)c1ccccc1. The Kier molecular flexibility index (Phi) is 7.40. The summed E-state index contributed by atoms with van der Waals surface area (Å²) < 4.78 is 7.33. The fraction of sp³-hybridized carbons (Fsp3) is 0.222. The summed E-state index contributed by atoms with van der Waals surface area (Å²) in [5.74, 6) is 0.321. The van der Waals surface area contributed by atoms with Gasteiger partial charge < -0.3 is 15.4 Å². The number of hydrogen-bond acceptors (Lipinski definition) is 3. The highest BCUT2D eigenvalue weighted by molar-refractivity contribution is 9.11. The maximum absolute atomic E-state index is 12.0. The summed E-state index contributed by atoms with van der Waals surface area (Å²) in [6, 6.07) is 13.7. The van der Waals surface area contributed by atoms with Gasteiger partial charge in [-0.1, -0.05) is 46.3 Å². The van der Waals surface area contributed by atoms with E-state index in [-0.39, 0.29) is 23.7 Å².